The Kier molecular flexibility index (Phi) is 4.68. The summed E-state index contributed by atoms with van der Waals surface area (Å²) in [5.74, 6) is 0.173. The van der Waals surface area contributed by atoms with Crippen molar-refractivity contribution in [3.8, 4) is 0 Å². The highest BCUT2D eigenvalue weighted by atomic mass is 16.2. The molecule has 1 heterocycles. The van der Waals surface area contributed by atoms with Crippen LogP contribution in [0.25, 0.3) is 0 Å². The van der Waals surface area contributed by atoms with Crippen molar-refractivity contribution in [1.29, 1.82) is 0 Å². The summed E-state index contributed by atoms with van der Waals surface area (Å²) in [6, 6.07) is 8.45. The maximum atomic E-state index is 11.2. The van der Waals surface area contributed by atoms with E-state index in [1.54, 1.807) is 0 Å². The summed E-state index contributed by atoms with van der Waals surface area (Å²) in [6.45, 7) is 2.79. The number of nitrogens with zero attached hydrogens (tertiary/aromatic N) is 1. The second kappa shape index (κ2) is 6.48. The van der Waals surface area contributed by atoms with Gasteiger partial charge in [-0.3, -0.25) is 4.79 Å². The summed E-state index contributed by atoms with van der Waals surface area (Å²) in [6.07, 6.45) is 3.77. The van der Waals surface area contributed by atoms with Gasteiger partial charge in [0.05, 0.1) is 5.71 Å². The fourth-order valence-corrected chi connectivity index (χ4v) is 2.32. The van der Waals surface area contributed by atoms with Gasteiger partial charge in [-0.25, -0.2) is 5.43 Å². The van der Waals surface area contributed by atoms with Crippen molar-refractivity contribution < 1.29 is 4.79 Å². The van der Waals surface area contributed by atoms with Crippen LogP contribution in [0.3, 0.4) is 0 Å². The van der Waals surface area contributed by atoms with Gasteiger partial charge >= 0.3 is 0 Å². The molecule has 2 rings (SSSR count). The Morgan fingerprint density at radius 1 is 1.32 bits per heavy atom. The highest BCUT2D eigenvalue weighted by Crippen LogP contribution is 2.17. The highest BCUT2D eigenvalue weighted by molar-refractivity contribution is 6.05. The van der Waals surface area contributed by atoms with Crippen LogP contribution in [-0.4, -0.2) is 18.2 Å². The number of nitrogens with two attached hydrogens (primary N) is 1. The normalized spacial score (nSPS) is 18.9. The van der Waals surface area contributed by atoms with Crippen LogP contribution < -0.4 is 11.2 Å². The molecule has 19 heavy (non-hydrogen) atoms. The van der Waals surface area contributed by atoms with Crippen molar-refractivity contribution in [2.24, 2.45) is 16.8 Å². The molecule has 102 valence electrons. The van der Waals surface area contributed by atoms with Crippen LogP contribution in [0.5, 0.6) is 0 Å². The summed E-state index contributed by atoms with van der Waals surface area (Å²) in [5.41, 5.74) is 11.4. The molecule has 0 fully saturated rings. The molecular weight excluding hydrogens is 238 g/mol. The van der Waals surface area contributed by atoms with Gasteiger partial charge in [0.15, 0.2) is 0 Å². The predicted octanol–water partition coefficient (Wildman–Crippen LogP) is 1.83. The average molecular weight is 259 g/mol. The fraction of sp³-hybridized carbons (Fsp3) is 0.467. The van der Waals surface area contributed by atoms with Crippen molar-refractivity contribution >= 4 is 11.6 Å². The summed E-state index contributed by atoms with van der Waals surface area (Å²) in [4.78, 5) is 11.2. The van der Waals surface area contributed by atoms with Crippen molar-refractivity contribution in [2.45, 2.75) is 32.6 Å². The first-order valence-corrected chi connectivity index (χ1v) is 6.86. The molecule has 0 radical (unpaired) electrons. The second-order valence-corrected chi connectivity index (χ2v) is 5.08. The SMILES string of the molecule is CC1CC(=O)NN=C1c1ccc(CCCCN)cc1. The topological polar surface area (TPSA) is 67.5 Å². The number of hydrogen-bond acceptors (Lipinski definition) is 3. The van der Waals surface area contributed by atoms with E-state index in [9.17, 15) is 4.79 Å². The van der Waals surface area contributed by atoms with Gasteiger partial charge in [-0.2, -0.15) is 5.10 Å². The molecule has 0 aliphatic carbocycles. The number of aryl methyl sites for hydroxylation is 1. The lowest BCUT2D eigenvalue weighted by atomic mass is 9.93. The Morgan fingerprint density at radius 2 is 2.05 bits per heavy atom. The molecule has 1 amide bonds. The lowest BCUT2D eigenvalue weighted by Gasteiger charge is -2.19. The summed E-state index contributed by atoms with van der Waals surface area (Å²) >= 11 is 0. The molecule has 1 atom stereocenters. The number of carbonyl (C=O) groups is 1. The van der Waals surface area contributed by atoms with E-state index in [0.29, 0.717) is 6.42 Å². The van der Waals surface area contributed by atoms with Gasteiger partial charge in [0, 0.05) is 12.3 Å². The van der Waals surface area contributed by atoms with Gasteiger partial charge in [0.25, 0.3) is 0 Å². The van der Waals surface area contributed by atoms with Crippen molar-refractivity contribution in [1.82, 2.24) is 5.43 Å². The number of unbranched alkanes of at least 4 members (excludes halogenated alkanes) is 1. The Labute approximate surface area is 114 Å². The first-order chi connectivity index (χ1) is 9.20. The molecule has 0 saturated carbocycles. The van der Waals surface area contributed by atoms with Gasteiger partial charge in [-0.15, -0.1) is 0 Å². The average Bonchev–Trinajstić information content (AvgIpc) is 2.40. The molecule has 1 aromatic rings. The van der Waals surface area contributed by atoms with E-state index in [-0.39, 0.29) is 11.8 Å². The van der Waals surface area contributed by atoms with E-state index in [0.717, 1.165) is 37.1 Å². The summed E-state index contributed by atoms with van der Waals surface area (Å²) < 4.78 is 0. The highest BCUT2D eigenvalue weighted by Gasteiger charge is 2.21. The van der Waals surface area contributed by atoms with Crippen LogP contribution >= 0.6 is 0 Å². The minimum absolute atomic E-state index is 0.00495. The van der Waals surface area contributed by atoms with E-state index in [1.807, 2.05) is 6.92 Å². The third kappa shape index (κ3) is 3.64. The van der Waals surface area contributed by atoms with Crippen LogP contribution in [0.1, 0.15) is 37.3 Å². The molecule has 0 saturated heterocycles. The Hall–Kier alpha value is -1.68. The predicted molar refractivity (Wildman–Crippen MR) is 76.9 cm³/mol. The van der Waals surface area contributed by atoms with Crippen LogP contribution in [0, 0.1) is 5.92 Å². The largest absolute Gasteiger partial charge is 0.330 e. The Balaban J connectivity index is 2.04. The maximum absolute atomic E-state index is 11.2. The number of hydrazone groups is 1. The minimum atomic E-state index is -0.00495. The molecule has 4 heteroatoms. The molecule has 1 aliphatic heterocycles. The Bertz CT molecular complexity index is 465. The molecule has 1 unspecified atom stereocenters. The van der Waals surface area contributed by atoms with Crippen LogP contribution in [0.15, 0.2) is 29.4 Å². The standard InChI is InChI=1S/C15H21N3O/c1-11-10-14(19)17-18-15(11)13-7-5-12(6-8-13)4-2-3-9-16/h5-8,11H,2-4,9-10,16H2,1H3,(H,17,19). The van der Waals surface area contributed by atoms with E-state index in [4.69, 9.17) is 5.73 Å². The van der Waals surface area contributed by atoms with Crippen molar-refractivity contribution in [2.75, 3.05) is 6.54 Å². The maximum Gasteiger partial charge on any atom is 0.240 e. The molecular formula is C15H21N3O. The quantitative estimate of drug-likeness (QED) is 0.792. The first-order valence-electron chi connectivity index (χ1n) is 6.86. The number of carbonyl (C=O) groups excluding carboxylic acids is 1. The van der Waals surface area contributed by atoms with Gasteiger partial charge in [0.2, 0.25) is 5.91 Å². The Morgan fingerprint density at radius 3 is 2.68 bits per heavy atom. The molecule has 4 nitrogen and oxygen atoms in total. The third-order valence-corrected chi connectivity index (χ3v) is 3.43. The minimum Gasteiger partial charge on any atom is -0.330 e. The molecule has 1 aliphatic rings. The smallest absolute Gasteiger partial charge is 0.240 e. The van der Waals surface area contributed by atoms with Crippen LogP contribution in [-0.2, 0) is 11.2 Å². The monoisotopic (exact) mass is 259 g/mol. The zero-order chi connectivity index (χ0) is 13.7. The lowest BCUT2D eigenvalue weighted by Crippen LogP contribution is -2.31. The molecule has 3 N–H and O–H groups in total. The van der Waals surface area contributed by atoms with Crippen LogP contribution in [0.4, 0.5) is 0 Å². The van der Waals surface area contributed by atoms with E-state index >= 15 is 0 Å². The summed E-state index contributed by atoms with van der Waals surface area (Å²) in [5, 5.41) is 4.17. The second-order valence-electron chi connectivity index (χ2n) is 5.08. The van der Waals surface area contributed by atoms with E-state index in [2.05, 4.69) is 34.8 Å². The molecule has 0 bridgehead atoms. The lowest BCUT2D eigenvalue weighted by molar-refractivity contribution is -0.121. The first kappa shape index (κ1) is 13.7. The zero-order valence-electron chi connectivity index (χ0n) is 11.4. The molecule has 1 aromatic carbocycles. The van der Waals surface area contributed by atoms with Gasteiger partial charge in [0.1, 0.15) is 0 Å². The van der Waals surface area contributed by atoms with Gasteiger partial charge in [-0.1, -0.05) is 31.2 Å². The third-order valence-electron chi connectivity index (χ3n) is 3.43. The van der Waals surface area contributed by atoms with Crippen molar-refractivity contribution in [3.05, 3.63) is 35.4 Å². The zero-order valence-corrected chi connectivity index (χ0v) is 11.4. The number of rotatable bonds is 5. The van der Waals surface area contributed by atoms with E-state index < -0.39 is 0 Å². The molecule has 0 aromatic heterocycles. The van der Waals surface area contributed by atoms with Crippen LogP contribution in [0.2, 0.25) is 0 Å². The number of nitrogens with one attached hydrogen (secondary N) is 1. The fourth-order valence-electron chi connectivity index (χ4n) is 2.32. The van der Waals surface area contributed by atoms with Gasteiger partial charge < -0.3 is 5.73 Å². The van der Waals surface area contributed by atoms with Crippen molar-refractivity contribution in [3.63, 3.8) is 0 Å². The number of hydrogen-bond donors (Lipinski definition) is 2. The number of benzene rings is 1. The summed E-state index contributed by atoms with van der Waals surface area (Å²) in [7, 11) is 0. The van der Waals surface area contributed by atoms with E-state index in [1.165, 1.54) is 5.56 Å². The van der Waals surface area contributed by atoms with Gasteiger partial charge in [-0.05, 0) is 36.9 Å². The molecule has 0 spiro atoms. The number of amides is 1.